The molecule has 17 heavy (non-hydrogen) atoms. The molecule has 0 amide bonds. The number of halogens is 1. The van der Waals surface area contributed by atoms with Crippen LogP contribution in [0.2, 0.25) is 0 Å². The van der Waals surface area contributed by atoms with Crippen molar-refractivity contribution in [2.24, 2.45) is 0 Å². The first-order chi connectivity index (χ1) is 8.01. The second kappa shape index (κ2) is 5.52. The molecule has 1 rings (SSSR count). The smallest absolute Gasteiger partial charge is 0.338 e. The number of hydrogen-bond acceptors (Lipinski definition) is 3. The Morgan fingerprint density at radius 1 is 1.35 bits per heavy atom. The third-order valence-corrected chi connectivity index (χ3v) is 2.61. The highest BCUT2D eigenvalue weighted by Gasteiger charge is 2.27. The first-order valence-corrected chi connectivity index (χ1v) is 5.10. The van der Waals surface area contributed by atoms with Crippen LogP contribution in [-0.2, 0) is 4.79 Å². The summed E-state index contributed by atoms with van der Waals surface area (Å²) in [4.78, 5) is 10.6. The van der Waals surface area contributed by atoms with Gasteiger partial charge in [-0.3, -0.25) is 0 Å². The molecule has 0 saturated heterocycles. The van der Waals surface area contributed by atoms with Crippen molar-refractivity contribution in [3.05, 3.63) is 23.8 Å². The Kier molecular flexibility index (Phi) is 4.31. The number of carbonyl (C=O) groups is 1. The van der Waals surface area contributed by atoms with E-state index < -0.39 is 18.1 Å². The van der Waals surface area contributed by atoms with Gasteiger partial charge in [0.15, 0.2) is 0 Å². The van der Waals surface area contributed by atoms with E-state index in [1.165, 1.54) is 21.1 Å². The minimum Gasteiger partial charge on any atom is -0.497 e. The Morgan fingerprint density at radius 2 is 2.00 bits per heavy atom. The lowest BCUT2D eigenvalue weighted by atomic mass is 9.95. The van der Waals surface area contributed by atoms with Crippen LogP contribution in [0.15, 0.2) is 18.2 Å². The van der Waals surface area contributed by atoms with E-state index in [9.17, 15) is 9.18 Å². The van der Waals surface area contributed by atoms with Crippen LogP contribution >= 0.6 is 0 Å². The Morgan fingerprint density at radius 3 is 2.47 bits per heavy atom. The molecule has 1 N–H and O–H groups in total. The number of aliphatic carboxylic acids is 1. The molecule has 0 aromatic heterocycles. The number of carboxylic acids is 1. The molecule has 0 bridgehead atoms. The SMILES string of the molecule is COc1ccc(C(C)C(F)C(=O)O)c(OC)c1. The van der Waals surface area contributed by atoms with Gasteiger partial charge in [0.1, 0.15) is 11.5 Å². The van der Waals surface area contributed by atoms with Gasteiger partial charge in [-0.15, -0.1) is 0 Å². The molecule has 1 aromatic rings. The predicted molar refractivity (Wildman–Crippen MR) is 60.5 cm³/mol. The van der Waals surface area contributed by atoms with Gasteiger partial charge in [0, 0.05) is 17.5 Å². The molecule has 0 saturated carbocycles. The summed E-state index contributed by atoms with van der Waals surface area (Å²) in [5.74, 6) is -1.27. The number of rotatable bonds is 5. The normalized spacial score (nSPS) is 13.9. The van der Waals surface area contributed by atoms with Gasteiger partial charge in [-0.1, -0.05) is 13.0 Å². The third-order valence-electron chi connectivity index (χ3n) is 2.61. The molecule has 0 heterocycles. The van der Waals surface area contributed by atoms with Gasteiger partial charge in [0.05, 0.1) is 14.2 Å². The quantitative estimate of drug-likeness (QED) is 0.860. The number of alkyl halides is 1. The summed E-state index contributed by atoms with van der Waals surface area (Å²) < 4.78 is 23.5. The standard InChI is InChI=1S/C12H15FO4/c1-7(11(13)12(14)15)9-5-4-8(16-2)6-10(9)17-3/h4-7,11H,1-3H3,(H,14,15). The van der Waals surface area contributed by atoms with Crippen LogP contribution in [-0.4, -0.2) is 31.5 Å². The predicted octanol–water partition coefficient (Wildman–Crippen LogP) is 2.23. The summed E-state index contributed by atoms with van der Waals surface area (Å²) in [6.07, 6.45) is -1.96. The van der Waals surface area contributed by atoms with Gasteiger partial charge in [0.2, 0.25) is 6.17 Å². The molecule has 2 atom stereocenters. The average molecular weight is 242 g/mol. The van der Waals surface area contributed by atoms with E-state index in [-0.39, 0.29) is 0 Å². The number of hydrogen-bond donors (Lipinski definition) is 1. The second-order valence-electron chi connectivity index (χ2n) is 3.64. The van der Waals surface area contributed by atoms with Crippen molar-refractivity contribution in [3.8, 4) is 11.5 Å². The van der Waals surface area contributed by atoms with E-state index in [1.54, 1.807) is 18.2 Å². The summed E-state index contributed by atoms with van der Waals surface area (Å²) in [6.45, 7) is 1.50. The van der Waals surface area contributed by atoms with Gasteiger partial charge < -0.3 is 14.6 Å². The van der Waals surface area contributed by atoms with Crippen LogP contribution in [0, 0.1) is 0 Å². The number of methoxy groups -OCH3 is 2. The zero-order chi connectivity index (χ0) is 13.0. The molecule has 1 aromatic carbocycles. The lowest BCUT2D eigenvalue weighted by Gasteiger charge is -2.17. The maximum atomic E-state index is 13.4. The van der Waals surface area contributed by atoms with Crippen molar-refractivity contribution in [2.45, 2.75) is 19.0 Å². The lowest BCUT2D eigenvalue weighted by molar-refractivity contribution is -0.143. The van der Waals surface area contributed by atoms with Gasteiger partial charge in [-0.25, -0.2) is 9.18 Å². The fraction of sp³-hybridized carbons (Fsp3) is 0.417. The number of carboxylic acid groups (broad SMARTS) is 1. The summed E-state index contributed by atoms with van der Waals surface area (Å²) in [7, 11) is 2.95. The molecule has 0 spiro atoms. The van der Waals surface area contributed by atoms with Crippen molar-refractivity contribution >= 4 is 5.97 Å². The van der Waals surface area contributed by atoms with Crippen LogP contribution < -0.4 is 9.47 Å². The zero-order valence-corrected chi connectivity index (χ0v) is 9.94. The van der Waals surface area contributed by atoms with E-state index >= 15 is 0 Å². The van der Waals surface area contributed by atoms with Gasteiger partial charge in [-0.05, 0) is 6.07 Å². The van der Waals surface area contributed by atoms with Crippen molar-refractivity contribution in [2.75, 3.05) is 14.2 Å². The maximum absolute atomic E-state index is 13.4. The van der Waals surface area contributed by atoms with Crippen molar-refractivity contribution in [1.29, 1.82) is 0 Å². The third kappa shape index (κ3) is 2.87. The van der Waals surface area contributed by atoms with Crippen LogP contribution in [0.1, 0.15) is 18.4 Å². The summed E-state index contributed by atoms with van der Waals surface area (Å²) in [6, 6.07) is 4.85. The molecule has 0 aliphatic heterocycles. The molecule has 0 radical (unpaired) electrons. The van der Waals surface area contributed by atoms with Gasteiger partial charge >= 0.3 is 5.97 Å². The summed E-state index contributed by atoms with van der Waals surface area (Å²) in [5, 5.41) is 8.64. The highest BCUT2D eigenvalue weighted by Crippen LogP contribution is 2.33. The second-order valence-corrected chi connectivity index (χ2v) is 3.64. The van der Waals surface area contributed by atoms with E-state index in [1.807, 2.05) is 0 Å². The topological polar surface area (TPSA) is 55.8 Å². The van der Waals surface area contributed by atoms with E-state index in [0.29, 0.717) is 17.1 Å². The summed E-state index contributed by atoms with van der Waals surface area (Å²) >= 11 is 0. The molecule has 94 valence electrons. The van der Waals surface area contributed by atoms with Gasteiger partial charge in [-0.2, -0.15) is 0 Å². The fourth-order valence-corrected chi connectivity index (χ4v) is 1.57. The molecule has 5 heteroatoms. The largest absolute Gasteiger partial charge is 0.497 e. The van der Waals surface area contributed by atoms with E-state index in [2.05, 4.69) is 0 Å². The highest BCUT2D eigenvalue weighted by molar-refractivity contribution is 5.73. The van der Waals surface area contributed by atoms with Crippen LogP contribution in [0.3, 0.4) is 0 Å². The molecular weight excluding hydrogens is 227 g/mol. The maximum Gasteiger partial charge on any atom is 0.338 e. The zero-order valence-electron chi connectivity index (χ0n) is 9.94. The van der Waals surface area contributed by atoms with Crippen LogP contribution in [0.5, 0.6) is 11.5 Å². The minimum atomic E-state index is -1.96. The molecule has 2 unspecified atom stereocenters. The minimum absolute atomic E-state index is 0.417. The Hall–Kier alpha value is -1.78. The van der Waals surface area contributed by atoms with E-state index in [0.717, 1.165) is 0 Å². The highest BCUT2D eigenvalue weighted by atomic mass is 19.1. The monoisotopic (exact) mass is 242 g/mol. The number of ether oxygens (including phenoxy) is 2. The lowest BCUT2D eigenvalue weighted by Crippen LogP contribution is -2.21. The summed E-state index contributed by atoms with van der Waals surface area (Å²) in [5.41, 5.74) is 0.503. The first kappa shape index (κ1) is 13.3. The van der Waals surface area contributed by atoms with Crippen molar-refractivity contribution < 1.29 is 23.8 Å². The Balaban J connectivity index is 3.08. The fourth-order valence-electron chi connectivity index (χ4n) is 1.57. The molecule has 0 fully saturated rings. The molecule has 0 aliphatic carbocycles. The van der Waals surface area contributed by atoms with Crippen molar-refractivity contribution in [1.82, 2.24) is 0 Å². The van der Waals surface area contributed by atoms with E-state index in [4.69, 9.17) is 14.6 Å². The molecule has 4 nitrogen and oxygen atoms in total. The number of benzene rings is 1. The first-order valence-electron chi connectivity index (χ1n) is 5.10. The average Bonchev–Trinajstić information content (AvgIpc) is 2.35. The molecule has 0 aliphatic rings. The van der Waals surface area contributed by atoms with Crippen LogP contribution in [0.25, 0.3) is 0 Å². The van der Waals surface area contributed by atoms with Crippen molar-refractivity contribution in [3.63, 3.8) is 0 Å². The Labute approximate surface area is 99.0 Å². The van der Waals surface area contributed by atoms with Crippen LogP contribution in [0.4, 0.5) is 4.39 Å². The van der Waals surface area contributed by atoms with Gasteiger partial charge in [0.25, 0.3) is 0 Å². The Bertz CT molecular complexity index is 405. The molecular formula is C12H15FO4.